The Morgan fingerprint density at radius 1 is 1.33 bits per heavy atom. The molecule has 0 saturated carbocycles. The van der Waals surface area contributed by atoms with E-state index >= 15 is 0 Å². The SMILES string of the molecule is CC(C)CC(=O)N=C1S[C@H]2CS(=O)(=O)C[C@@H]2N1c1ccc(Br)cc1. The summed E-state index contributed by atoms with van der Waals surface area (Å²) >= 11 is 4.82. The summed E-state index contributed by atoms with van der Waals surface area (Å²) < 4.78 is 24.9. The average Bonchev–Trinajstić information content (AvgIpc) is 2.90. The largest absolute Gasteiger partial charge is 0.316 e. The van der Waals surface area contributed by atoms with Crippen molar-refractivity contribution in [1.82, 2.24) is 0 Å². The average molecular weight is 431 g/mol. The van der Waals surface area contributed by atoms with Gasteiger partial charge >= 0.3 is 0 Å². The molecular formula is C16H19BrN2O3S2. The van der Waals surface area contributed by atoms with Gasteiger partial charge in [0, 0.05) is 21.8 Å². The first-order valence-corrected chi connectivity index (χ1v) is 11.3. The Morgan fingerprint density at radius 2 is 2.00 bits per heavy atom. The van der Waals surface area contributed by atoms with Crippen molar-refractivity contribution in [1.29, 1.82) is 0 Å². The smallest absolute Gasteiger partial charge is 0.248 e. The first-order chi connectivity index (χ1) is 11.2. The number of thioether (sulfide) groups is 1. The van der Waals surface area contributed by atoms with Crippen LogP contribution in [0.3, 0.4) is 0 Å². The van der Waals surface area contributed by atoms with E-state index in [-0.39, 0.29) is 34.6 Å². The van der Waals surface area contributed by atoms with Crippen LogP contribution >= 0.6 is 27.7 Å². The molecule has 1 aromatic carbocycles. The molecule has 2 fully saturated rings. The minimum absolute atomic E-state index is 0.0655. The van der Waals surface area contributed by atoms with Gasteiger partial charge in [0.05, 0.1) is 17.5 Å². The second-order valence-electron chi connectivity index (χ2n) is 6.53. The van der Waals surface area contributed by atoms with E-state index < -0.39 is 9.84 Å². The molecule has 2 heterocycles. The molecule has 2 saturated heterocycles. The van der Waals surface area contributed by atoms with Gasteiger partial charge in [0.15, 0.2) is 15.0 Å². The minimum atomic E-state index is -3.04. The highest BCUT2D eigenvalue weighted by Crippen LogP contribution is 2.41. The molecule has 0 N–H and O–H groups in total. The summed E-state index contributed by atoms with van der Waals surface area (Å²) in [6.45, 7) is 3.96. The number of halogens is 1. The lowest BCUT2D eigenvalue weighted by molar-refractivity contribution is -0.118. The van der Waals surface area contributed by atoms with Crippen molar-refractivity contribution < 1.29 is 13.2 Å². The molecule has 24 heavy (non-hydrogen) atoms. The van der Waals surface area contributed by atoms with Gasteiger partial charge in [-0.15, -0.1) is 0 Å². The third kappa shape index (κ3) is 3.86. The van der Waals surface area contributed by atoms with Crippen molar-refractivity contribution in [2.24, 2.45) is 10.9 Å². The maximum Gasteiger partial charge on any atom is 0.248 e. The number of anilines is 1. The third-order valence-corrected chi connectivity index (χ3v) is 7.71. The number of hydrogen-bond acceptors (Lipinski definition) is 4. The van der Waals surface area contributed by atoms with E-state index in [1.807, 2.05) is 43.0 Å². The Balaban J connectivity index is 1.95. The van der Waals surface area contributed by atoms with Gasteiger partial charge in [0.2, 0.25) is 5.91 Å². The molecule has 2 atom stereocenters. The van der Waals surface area contributed by atoms with Crippen molar-refractivity contribution in [3.8, 4) is 0 Å². The zero-order valence-electron chi connectivity index (χ0n) is 13.5. The van der Waals surface area contributed by atoms with E-state index in [0.717, 1.165) is 10.2 Å². The molecule has 0 aliphatic carbocycles. The van der Waals surface area contributed by atoms with Gasteiger partial charge in [-0.2, -0.15) is 4.99 Å². The number of rotatable bonds is 3. The van der Waals surface area contributed by atoms with E-state index in [1.165, 1.54) is 11.8 Å². The zero-order valence-corrected chi connectivity index (χ0v) is 16.7. The molecule has 5 nitrogen and oxygen atoms in total. The Bertz CT molecular complexity index is 775. The van der Waals surface area contributed by atoms with E-state index in [0.29, 0.717) is 11.6 Å². The lowest BCUT2D eigenvalue weighted by Gasteiger charge is -2.24. The number of sulfone groups is 1. The lowest BCUT2D eigenvalue weighted by Crippen LogP contribution is -2.37. The van der Waals surface area contributed by atoms with Crippen molar-refractivity contribution in [2.75, 3.05) is 16.4 Å². The number of nitrogens with zero attached hydrogens (tertiary/aromatic N) is 2. The van der Waals surface area contributed by atoms with Gasteiger partial charge < -0.3 is 4.90 Å². The second-order valence-corrected chi connectivity index (χ2v) is 10.8. The molecule has 0 aromatic heterocycles. The second kappa shape index (κ2) is 6.80. The number of carbonyl (C=O) groups excluding carboxylic acids is 1. The van der Waals surface area contributed by atoms with Crippen molar-refractivity contribution in [3.63, 3.8) is 0 Å². The molecule has 130 valence electrons. The molecule has 0 spiro atoms. The number of fused-ring (bicyclic) bond motifs is 1. The number of hydrogen-bond donors (Lipinski definition) is 0. The quantitative estimate of drug-likeness (QED) is 0.736. The maximum atomic E-state index is 12.1. The number of aliphatic imine (C=N–C) groups is 1. The highest BCUT2D eigenvalue weighted by molar-refractivity contribution is 9.10. The standard InChI is InChI=1S/C16H19BrN2O3S2/c1-10(2)7-15(20)18-16-19(12-5-3-11(17)4-6-12)13-8-24(21,22)9-14(13)23-16/h3-6,10,13-14H,7-9H2,1-2H3/t13-,14-/m0/s1. The fraction of sp³-hybridized carbons (Fsp3) is 0.500. The minimum Gasteiger partial charge on any atom is -0.316 e. The summed E-state index contributed by atoms with van der Waals surface area (Å²) in [6, 6.07) is 7.49. The van der Waals surface area contributed by atoms with E-state index in [9.17, 15) is 13.2 Å². The predicted octanol–water partition coefficient (Wildman–Crippen LogP) is 3.10. The number of carbonyl (C=O) groups is 1. The Labute approximate surface area is 155 Å². The van der Waals surface area contributed by atoms with Crippen molar-refractivity contribution >= 4 is 54.3 Å². The highest BCUT2D eigenvalue weighted by Gasteiger charge is 2.49. The fourth-order valence-corrected chi connectivity index (χ4v) is 7.17. The van der Waals surface area contributed by atoms with Crippen LogP contribution in [-0.4, -0.2) is 42.3 Å². The van der Waals surface area contributed by atoms with E-state index in [1.54, 1.807) is 0 Å². The van der Waals surface area contributed by atoms with Gasteiger partial charge in [0.25, 0.3) is 0 Å². The Kier molecular flexibility index (Phi) is 5.09. The molecule has 2 aliphatic rings. The molecule has 3 rings (SSSR count). The van der Waals surface area contributed by atoms with Crippen LogP contribution in [0, 0.1) is 5.92 Å². The van der Waals surface area contributed by atoms with Gasteiger partial charge in [-0.25, -0.2) is 8.42 Å². The molecule has 0 radical (unpaired) electrons. The number of benzene rings is 1. The van der Waals surface area contributed by atoms with Crippen LogP contribution < -0.4 is 4.90 Å². The Hall–Kier alpha value is -0.860. The first kappa shape index (κ1) is 17.9. The third-order valence-electron chi connectivity index (χ3n) is 3.97. The molecule has 0 unspecified atom stereocenters. The summed E-state index contributed by atoms with van der Waals surface area (Å²) in [6.07, 6.45) is 0.395. The fourth-order valence-electron chi connectivity index (χ4n) is 2.97. The van der Waals surface area contributed by atoms with Crippen LogP contribution in [0.5, 0.6) is 0 Å². The number of amidine groups is 1. The van der Waals surface area contributed by atoms with Crippen molar-refractivity contribution in [3.05, 3.63) is 28.7 Å². The van der Waals surface area contributed by atoms with Crippen LogP contribution in [0.2, 0.25) is 0 Å². The maximum absolute atomic E-state index is 12.1. The molecule has 2 aliphatic heterocycles. The van der Waals surface area contributed by atoms with E-state index in [2.05, 4.69) is 20.9 Å². The number of amides is 1. The summed E-state index contributed by atoms with van der Waals surface area (Å²) in [4.78, 5) is 18.3. The highest BCUT2D eigenvalue weighted by atomic mass is 79.9. The van der Waals surface area contributed by atoms with Crippen molar-refractivity contribution in [2.45, 2.75) is 31.6 Å². The van der Waals surface area contributed by atoms with Gasteiger partial charge in [0.1, 0.15) is 0 Å². The summed E-state index contributed by atoms with van der Waals surface area (Å²) in [5.41, 5.74) is 0.867. The monoisotopic (exact) mass is 430 g/mol. The molecule has 1 aromatic rings. The summed E-state index contributed by atoms with van der Waals surface area (Å²) in [5, 5.41) is 0.553. The predicted molar refractivity (Wildman–Crippen MR) is 102 cm³/mol. The molecule has 0 bridgehead atoms. The van der Waals surface area contributed by atoms with Crippen LogP contribution in [0.25, 0.3) is 0 Å². The molecule has 8 heteroatoms. The Morgan fingerprint density at radius 3 is 2.62 bits per heavy atom. The van der Waals surface area contributed by atoms with Gasteiger partial charge in [-0.3, -0.25) is 4.79 Å². The van der Waals surface area contributed by atoms with Crippen LogP contribution in [0.4, 0.5) is 5.69 Å². The van der Waals surface area contributed by atoms with Gasteiger partial charge in [-0.05, 0) is 30.2 Å². The normalized spacial score (nSPS) is 27.0. The first-order valence-electron chi connectivity index (χ1n) is 7.78. The van der Waals surface area contributed by atoms with E-state index in [4.69, 9.17) is 0 Å². The van der Waals surface area contributed by atoms with Crippen LogP contribution in [0.15, 0.2) is 33.7 Å². The lowest BCUT2D eigenvalue weighted by atomic mass is 10.1. The topological polar surface area (TPSA) is 66.8 Å². The molecule has 1 amide bonds. The van der Waals surface area contributed by atoms with Gasteiger partial charge in [-0.1, -0.05) is 41.5 Å². The van der Waals surface area contributed by atoms with Crippen LogP contribution in [0.1, 0.15) is 20.3 Å². The zero-order chi connectivity index (χ0) is 17.5. The molecular weight excluding hydrogens is 412 g/mol. The van der Waals surface area contributed by atoms with Crippen LogP contribution in [-0.2, 0) is 14.6 Å². The summed E-state index contributed by atoms with van der Waals surface area (Å²) in [5.74, 6) is 0.344. The summed E-state index contributed by atoms with van der Waals surface area (Å²) in [7, 11) is -3.04.